The largest absolute Gasteiger partial charge is 0.399 e. The van der Waals surface area contributed by atoms with Gasteiger partial charge in [0.05, 0.1) is 33.4 Å². The van der Waals surface area contributed by atoms with E-state index in [4.69, 9.17) is 5.73 Å². The van der Waals surface area contributed by atoms with Crippen LogP contribution in [-0.2, 0) is 40.5 Å². The van der Waals surface area contributed by atoms with Gasteiger partial charge in [0.1, 0.15) is 14.7 Å². The molecule has 0 spiro atoms. The molecular formula is C40H27N7O13S4. The number of fused-ring (bicyclic) bond motifs is 4. The van der Waals surface area contributed by atoms with Gasteiger partial charge >= 0.3 is 0 Å². The van der Waals surface area contributed by atoms with Crippen LogP contribution in [0.25, 0.3) is 16.8 Å². The molecule has 3 aliphatic rings. The van der Waals surface area contributed by atoms with Crippen LogP contribution in [0.15, 0.2) is 160 Å². The zero-order valence-electron chi connectivity index (χ0n) is 32.0. The van der Waals surface area contributed by atoms with Crippen molar-refractivity contribution in [3.63, 3.8) is 0 Å². The van der Waals surface area contributed by atoms with Crippen LogP contribution < -0.4 is 11.2 Å². The summed E-state index contributed by atoms with van der Waals surface area (Å²) in [6.07, 6.45) is 6.82. The summed E-state index contributed by atoms with van der Waals surface area (Å²) >= 11 is 0. The molecule has 0 unspecified atom stereocenters. The van der Waals surface area contributed by atoms with Crippen molar-refractivity contribution >= 4 is 103 Å². The molecule has 0 aliphatic heterocycles. The quantitative estimate of drug-likeness (QED) is 0.0704. The Morgan fingerprint density at radius 1 is 0.500 bits per heavy atom. The molecule has 5 aromatic carbocycles. The molecule has 0 bridgehead atoms. The molecule has 8 rings (SSSR count). The Kier molecular flexibility index (Phi) is 10.8. The van der Waals surface area contributed by atoms with Crippen molar-refractivity contribution in [2.24, 2.45) is 25.5 Å². The van der Waals surface area contributed by atoms with E-state index in [1.807, 2.05) is 0 Å². The number of benzene rings is 5. The van der Waals surface area contributed by atoms with Crippen LogP contribution in [0.1, 0.15) is 38.2 Å². The molecule has 0 atom stereocenters. The van der Waals surface area contributed by atoms with E-state index < -0.39 is 71.6 Å². The highest BCUT2D eigenvalue weighted by Crippen LogP contribution is 2.33. The summed E-state index contributed by atoms with van der Waals surface area (Å²) in [6.45, 7) is 0. The van der Waals surface area contributed by atoms with Gasteiger partial charge in [0.2, 0.25) is 5.78 Å². The topological polar surface area (TPSA) is 334 Å². The van der Waals surface area contributed by atoms with E-state index in [9.17, 15) is 56.7 Å². The number of hydrazone groups is 1. The number of carbonyl (C=O) groups excluding carboxylic acids is 1. The Labute approximate surface area is 363 Å². The maximum atomic E-state index is 13.4. The lowest BCUT2D eigenvalue weighted by Gasteiger charge is -2.17. The number of ketones is 1. The van der Waals surface area contributed by atoms with E-state index in [0.717, 1.165) is 30.3 Å². The van der Waals surface area contributed by atoms with Gasteiger partial charge in [-0.1, -0.05) is 42.5 Å². The van der Waals surface area contributed by atoms with Crippen LogP contribution in [0.2, 0.25) is 0 Å². The minimum Gasteiger partial charge on any atom is -0.399 e. The fraction of sp³-hybridized carbons (Fsp3) is 0. The summed E-state index contributed by atoms with van der Waals surface area (Å²) in [5.41, 5.74) is 9.89. The molecular weight excluding hydrogens is 915 g/mol. The number of nitrogens with two attached hydrogens (primary N) is 1. The highest BCUT2D eigenvalue weighted by atomic mass is 32.2. The normalized spacial score (nSPS) is 18.4. The SMILES string of the molecule is Nc1ccc2c(c1)C=C(S(=O)(=O)O)C(=NN=C1C=CC(=NN=C3C=CC(=NNc4cc(S(=O)(=O)O)c5cccc(S(=O)(=O)O)c5c4)c4ccccc43)c3ccc(S(=O)(=O)O)cc31)C2=O. The molecule has 0 aromatic heterocycles. The lowest BCUT2D eigenvalue weighted by Crippen LogP contribution is -2.26. The first kappa shape index (κ1) is 43.5. The van der Waals surface area contributed by atoms with E-state index in [0.29, 0.717) is 16.8 Å². The molecule has 0 amide bonds. The third kappa shape index (κ3) is 8.49. The number of nitrogens with one attached hydrogen (secondary N) is 1. The van der Waals surface area contributed by atoms with Gasteiger partial charge in [0, 0.05) is 44.3 Å². The average molecular weight is 942 g/mol. The number of hydrogen-bond donors (Lipinski definition) is 6. The number of nitrogens with zero attached hydrogens (tertiary/aromatic N) is 5. The molecule has 0 radical (unpaired) electrons. The van der Waals surface area contributed by atoms with Gasteiger partial charge in [-0.15, -0.1) is 20.4 Å². The van der Waals surface area contributed by atoms with Gasteiger partial charge in [-0.05, 0) is 84.5 Å². The Morgan fingerprint density at radius 2 is 1.08 bits per heavy atom. The van der Waals surface area contributed by atoms with E-state index in [-0.39, 0.29) is 61.5 Å². The number of nitrogen functional groups attached to an aromatic ring is 1. The van der Waals surface area contributed by atoms with Crippen LogP contribution in [0, 0.1) is 0 Å². The second-order valence-corrected chi connectivity index (χ2v) is 19.4. The summed E-state index contributed by atoms with van der Waals surface area (Å²) in [4.78, 5) is 10.8. The fourth-order valence-corrected chi connectivity index (χ4v) is 9.48. The number of allylic oxidation sites excluding steroid dienone is 5. The van der Waals surface area contributed by atoms with Crippen molar-refractivity contribution in [2.75, 3.05) is 11.2 Å². The van der Waals surface area contributed by atoms with Gasteiger partial charge in [0.25, 0.3) is 40.5 Å². The maximum Gasteiger partial charge on any atom is 0.296 e. The van der Waals surface area contributed by atoms with Crippen molar-refractivity contribution in [2.45, 2.75) is 14.7 Å². The first-order valence-corrected chi connectivity index (χ1v) is 23.7. The summed E-state index contributed by atoms with van der Waals surface area (Å²) in [5.74, 6) is -0.904. The van der Waals surface area contributed by atoms with Crippen LogP contribution in [0.3, 0.4) is 0 Å². The first-order chi connectivity index (χ1) is 30.1. The lowest BCUT2D eigenvalue weighted by atomic mass is 9.93. The number of carbonyl (C=O) groups is 1. The molecule has 324 valence electrons. The zero-order chi connectivity index (χ0) is 45.9. The van der Waals surface area contributed by atoms with Crippen molar-refractivity contribution in [3.05, 3.63) is 154 Å². The molecule has 0 heterocycles. The van der Waals surface area contributed by atoms with Crippen LogP contribution in [0.4, 0.5) is 11.4 Å². The molecule has 0 saturated carbocycles. The van der Waals surface area contributed by atoms with Gasteiger partial charge in [-0.2, -0.15) is 38.8 Å². The molecule has 7 N–H and O–H groups in total. The number of Topliss-reactive ketones (excluding diaryl/α,β-unsaturated/α-hetero) is 1. The molecule has 0 saturated heterocycles. The summed E-state index contributed by atoms with van der Waals surface area (Å²) in [5, 5.41) is 20.8. The average Bonchev–Trinajstić information content (AvgIpc) is 3.22. The summed E-state index contributed by atoms with van der Waals surface area (Å²) in [6, 6.07) is 20.1. The van der Waals surface area contributed by atoms with Crippen molar-refractivity contribution in [1.82, 2.24) is 0 Å². The fourth-order valence-electron chi connectivity index (χ4n) is 6.89. The molecule has 3 aliphatic carbocycles. The second-order valence-electron chi connectivity index (χ2n) is 13.8. The van der Waals surface area contributed by atoms with Gasteiger partial charge in [0.15, 0.2) is 5.71 Å². The zero-order valence-corrected chi connectivity index (χ0v) is 35.2. The predicted octanol–water partition coefficient (Wildman–Crippen LogP) is 4.58. The Hall–Kier alpha value is -7.16. The molecule has 5 aromatic rings. The van der Waals surface area contributed by atoms with Gasteiger partial charge in [-0.25, -0.2) is 0 Å². The third-order valence-electron chi connectivity index (χ3n) is 9.75. The van der Waals surface area contributed by atoms with E-state index >= 15 is 0 Å². The Bertz CT molecular complexity index is 3670. The van der Waals surface area contributed by atoms with E-state index in [1.165, 1.54) is 60.7 Å². The smallest absolute Gasteiger partial charge is 0.296 e. The highest BCUT2D eigenvalue weighted by molar-refractivity contribution is 7.91. The van der Waals surface area contributed by atoms with E-state index in [1.54, 1.807) is 30.3 Å². The van der Waals surface area contributed by atoms with Crippen LogP contribution in [0.5, 0.6) is 0 Å². The van der Waals surface area contributed by atoms with Crippen LogP contribution in [-0.4, -0.2) is 86.2 Å². The molecule has 24 heteroatoms. The minimum atomic E-state index is -5.03. The van der Waals surface area contributed by atoms with E-state index in [2.05, 4.69) is 30.9 Å². The monoisotopic (exact) mass is 941 g/mol. The lowest BCUT2D eigenvalue weighted by molar-refractivity contribution is 0.106. The maximum absolute atomic E-state index is 13.4. The Balaban J connectivity index is 1.16. The first-order valence-electron chi connectivity index (χ1n) is 18.0. The van der Waals surface area contributed by atoms with Gasteiger partial charge < -0.3 is 5.73 Å². The Morgan fingerprint density at radius 3 is 1.70 bits per heavy atom. The van der Waals surface area contributed by atoms with Crippen molar-refractivity contribution in [1.29, 1.82) is 0 Å². The summed E-state index contributed by atoms with van der Waals surface area (Å²) in [7, 11) is -19.5. The second kappa shape index (κ2) is 15.9. The number of hydrogen-bond acceptors (Lipinski definition) is 16. The molecule has 20 nitrogen and oxygen atoms in total. The predicted molar refractivity (Wildman–Crippen MR) is 236 cm³/mol. The minimum absolute atomic E-state index is 0.0179. The molecule has 0 fully saturated rings. The number of anilines is 2. The van der Waals surface area contributed by atoms with Crippen LogP contribution >= 0.6 is 0 Å². The third-order valence-corrected chi connectivity index (χ3v) is 13.3. The highest BCUT2D eigenvalue weighted by Gasteiger charge is 2.33. The number of rotatable bonds is 8. The van der Waals surface area contributed by atoms with Gasteiger partial charge in [-0.3, -0.25) is 28.4 Å². The summed E-state index contributed by atoms with van der Waals surface area (Å²) < 4.78 is 138. The standard InChI is InChI=1S/C40H27N7O13S4/c41-22-8-10-25-21(16-22)17-38(64(58,59)60)39(40(25)48)47-46-35-15-14-34(28-11-9-24(20-30(28)35)61(49,50)51)45-44-33-13-12-32(26-4-1-2-5-27(26)33)43-42-23-18-31-29(37(19-23)63(55,56)57)6-3-7-36(31)62(52,53)54/h1-20,42H,41H2,(H,49,50,51)(H,52,53,54)(H,55,56,57)(H,58,59,60). The van der Waals surface area contributed by atoms with Crippen molar-refractivity contribution < 1.29 is 56.7 Å². The van der Waals surface area contributed by atoms with Crippen molar-refractivity contribution in [3.8, 4) is 0 Å². The molecule has 64 heavy (non-hydrogen) atoms.